The summed E-state index contributed by atoms with van der Waals surface area (Å²) in [6, 6.07) is 20.0. The Morgan fingerprint density at radius 2 is 1.74 bits per heavy atom. The van der Waals surface area contributed by atoms with E-state index in [9.17, 15) is 4.79 Å². The molecule has 0 saturated heterocycles. The van der Waals surface area contributed by atoms with Gasteiger partial charge < -0.3 is 14.2 Å². The molecule has 1 amide bonds. The number of hydrogen-bond donors (Lipinski definition) is 1. The zero-order valence-electron chi connectivity index (χ0n) is 16.7. The third-order valence-corrected chi connectivity index (χ3v) is 4.61. The molecule has 0 aliphatic rings. The number of benzene rings is 3. The Labute approximate surface area is 190 Å². The molecule has 0 aliphatic carbocycles. The van der Waals surface area contributed by atoms with Crippen molar-refractivity contribution in [1.29, 1.82) is 0 Å². The summed E-state index contributed by atoms with van der Waals surface area (Å²) in [5.74, 6) is 1.10. The van der Waals surface area contributed by atoms with Gasteiger partial charge in [0.1, 0.15) is 12.4 Å². The van der Waals surface area contributed by atoms with Crippen LogP contribution in [0.25, 0.3) is 0 Å². The van der Waals surface area contributed by atoms with Gasteiger partial charge >= 0.3 is 0 Å². The molecule has 0 spiro atoms. The van der Waals surface area contributed by atoms with Gasteiger partial charge in [0.15, 0.2) is 18.1 Å². The Balaban J connectivity index is 1.52. The highest BCUT2D eigenvalue weighted by molar-refractivity contribution is 6.35. The Hall–Kier alpha value is -3.22. The number of carbonyl (C=O) groups is 1. The predicted octanol–water partition coefficient (Wildman–Crippen LogP) is 5.11. The first-order valence-electron chi connectivity index (χ1n) is 9.29. The summed E-state index contributed by atoms with van der Waals surface area (Å²) in [5, 5.41) is 4.74. The molecule has 0 aromatic heterocycles. The number of methoxy groups -OCH3 is 1. The van der Waals surface area contributed by atoms with Crippen molar-refractivity contribution in [3.8, 4) is 17.2 Å². The Morgan fingerprint density at radius 1 is 0.968 bits per heavy atom. The maximum Gasteiger partial charge on any atom is 0.277 e. The molecule has 0 aliphatic heterocycles. The van der Waals surface area contributed by atoms with E-state index in [1.807, 2.05) is 36.4 Å². The van der Waals surface area contributed by atoms with Gasteiger partial charge in [0.05, 0.1) is 18.3 Å². The molecule has 0 atom stereocenters. The smallest absolute Gasteiger partial charge is 0.277 e. The first kappa shape index (κ1) is 22.5. The monoisotopic (exact) mass is 458 g/mol. The molecule has 0 radical (unpaired) electrons. The van der Waals surface area contributed by atoms with Gasteiger partial charge in [-0.3, -0.25) is 4.79 Å². The molecule has 3 aromatic rings. The molecule has 31 heavy (non-hydrogen) atoms. The summed E-state index contributed by atoms with van der Waals surface area (Å²) in [6.07, 6.45) is 1.50. The van der Waals surface area contributed by atoms with Crippen LogP contribution in [-0.2, 0) is 11.4 Å². The summed E-state index contributed by atoms with van der Waals surface area (Å²) in [4.78, 5) is 11.9. The maximum absolute atomic E-state index is 11.9. The Morgan fingerprint density at radius 3 is 2.48 bits per heavy atom. The fraction of sp³-hybridized carbons (Fsp3) is 0.130. The van der Waals surface area contributed by atoms with Crippen LogP contribution in [-0.4, -0.2) is 25.8 Å². The standard InChI is InChI=1S/C23H20Cl2N2O4/c1-29-22-11-17(7-9-21(22)30-14-16-5-3-2-4-6-16)13-26-27-23(28)15-31-20-10-8-18(24)12-19(20)25/h2-13H,14-15H2,1H3,(H,27,28)/b26-13-. The second-order valence-electron chi connectivity index (χ2n) is 6.34. The van der Waals surface area contributed by atoms with E-state index < -0.39 is 5.91 Å². The minimum atomic E-state index is -0.433. The number of hydrogen-bond acceptors (Lipinski definition) is 5. The third-order valence-electron chi connectivity index (χ3n) is 4.08. The SMILES string of the molecule is COc1cc(/C=N\NC(=O)COc2ccc(Cl)cc2Cl)ccc1OCc1ccccc1. The number of halogens is 2. The van der Waals surface area contributed by atoms with E-state index in [1.165, 1.54) is 12.3 Å². The average molecular weight is 459 g/mol. The molecule has 3 aromatic carbocycles. The molecule has 8 heteroatoms. The van der Waals surface area contributed by atoms with Crippen LogP contribution in [0.4, 0.5) is 0 Å². The highest BCUT2D eigenvalue weighted by atomic mass is 35.5. The van der Waals surface area contributed by atoms with Gasteiger partial charge in [0, 0.05) is 5.02 Å². The van der Waals surface area contributed by atoms with Crippen molar-refractivity contribution in [2.24, 2.45) is 5.10 Å². The van der Waals surface area contributed by atoms with Crippen molar-refractivity contribution < 1.29 is 19.0 Å². The van der Waals surface area contributed by atoms with Crippen molar-refractivity contribution in [3.05, 3.63) is 87.9 Å². The van der Waals surface area contributed by atoms with E-state index in [2.05, 4.69) is 10.5 Å². The van der Waals surface area contributed by atoms with Crippen LogP contribution in [0.2, 0.25) is 10.0 Å². The quantitative estimate of drug-likeness (QED) is 0.357. The molecule has 0 saturated carbocycles. The summed E-state index contributed by atoms with van der Waals surface area (Å²) in [5.41, 5.74) is 4.18. The van der Waals surface area contributed by atoms with Crippen molar-refractivity contribution in [2.45, 2.75) is 6.61 Å². The molecular weight excluding hydrogens is 439 g/mol. The second kappa shape index (κ2) is 11.2. The Bertz CT molecular complexity index is 1060. The molecule has 0 fully saturated rings. The minimum Gasteiger partial charge on any atom is -0.493 e. The lowest BCUT2D eigenvalue weighted by Gasteiger charge is -2.11. The minimum absolute atomic E-state index is 0.242. The van der Waals surface area contributed by atoms with Gasteiger partial charge in [-0.05, 0) is 47.5 Å². The summed E-state index contributed by atoms with van der Waals surface area (Å²) >= 11 is 11.8. The average Bonchev–Trinajstić information content (AvgIpc) is 2.78. The number of hydrazone groups is 1. The molecule has 6 nitrogen and oxygen atoms in total. The largest absolute Gasteiger partial charge is 0.493 e. The molecule has 0 bridgehead atoms. The van der Waals surface area contributed by atoms with Crippen molar-refractivity contribution >= 4 is 35.3 Å². The van der Waals surface area contributed by atoms with Crippen molar-refractivity contribution in [3.63, 3.8) is 0 Å². The van der Waals surface area contributed by atoms with Crippen LogP contribution >= 0.6 is 23.2 Å². The first-order chi connectivity index (χ1) is 15.0. The normalized spacial score (nSPS) is 10.7. The van der Waals surface area contributed by atoms with Crippen LogP contribution in [0.5, 0.6) is 17.2 Å². The maximum atomic E-state index is 11.9. The summed E-state index contributed by atoms with van der Waals surface area (Å²) < 4.78 is 16.6. The first-order valence-corrected chi connectivity index (χ1v) is 10.1. The van der Waals surface area contributed by atoms with Gasteiger partial charge in [-0.2, -0.15) is 5.10 Å². The molecular formula is C23H20Cl2N2O4. The van der Waals surface area contributed by atoms with Gasteiger partial charge in [0.2, 0.25) is 0 Å². The van der Waals surface area contributed by atoms with E-state index in [0.717, 1.165) is 11.1 Å². The van der Waals surface area contributed by atoms with Crippen molar-refractivity contribution in [1.82, 2.24) is 5.43 Å². The van der Waals surface area contributed by atoms with Crippen LogP contribution < -0.4 is 19.6 Å². The van der Waals surface area contributed by atoms with E-state index in [4.69, 9.17) is 37.4 Å². The van der Waals surface area contributed by atoms with Crippen LogP contribution in [0.3, 0.4) is 0 Å². The summed E-state index contributed by atoms with van der Waals surface area (Å²) in [6.45, 7) is 0.187. The molecule has 3 rings (SSSR count). The highest BCUT2D eigenvalue weighted by Gasteiger charge is 2.07. The lowest BCUT2D eigenvalue weighted by Crippen LogP contribution is -2.24. The van der Waals surface area contributed by atoms with E-state index in [0.29, 0.717) is 33.9 Å². The van der Waals surface area contributed by atoms with Gasteiger partial charge in [0.25, 0.3) is 5.91 Å². The molecule has 1 N–H and O–H groups in total. The lowest BCUT2D eigenvalue weighted by molar-refractivity contribution is -0.123. The van der Waals surface area contributed by atoms with E-state index >= 15 is 0 Å². The van der Waals surface area contributed by atoms with E-state index in [1.54, 1.807) is 31.4 Å². The number of carbonyl (C=O) groups excluding carboxylic acids is 1. The highest BCUT2D eigenvalue weighted by Crippen LogP contribution is 2.29. The third kappa shape index (κ3) is 6.91. The number of ether oxygens (including phenoxy) is 3. The van der Waals surface area contributed by atoms with Gasteiger partial charge in [-0.15, -0.1) is 0 Å². The van der Waals surface area contributed by atoms with Crippen LogP contribution in [0.1, 0.15) is 11.1 Å². The fourth-order valence-electron chi connectivity index (χ4n) is 2.57. The number of rotatable bonds is 9. The van der Waals surface area contributed by atoms with Crippen LogP contribution in [0.15, 0.2) is 71.8 Å². The topological polar surface area (TPSA) is 69.2 Å². The molecule has 0 unspecified atom stereocenters. The fourth-order valence-corrected chi connectivity index (χ4v) is 3.03. The zero-order valence-corrected chi connectivity index (χ0v) is 18.2. The predicted molar refractivity (Wildman–Crippen MR) is 121 cm³/mol. The zero-order chi connectivity index (χ0) is 22.1. The summed E-state index contributed by atoms with van der Waals surface area (Å²) in [7, 11) is 1.56. The number of nitrogens with one attached hydrogen (secondary N) is 1. The van der Waals surface area contributed by atoms with Gasteiger partial charge in [-0.1, -0.05) is 53.5 Å². The van der Waals surface area contributed by atoms with Gasteiger partial charge in [-0.25, -0.2) is 5.43 Å². The molecule has 0 heterocycles. The second-order valence-corrected chi connectivity index (χ2v) is 7.18. The van der Waals surface area contributed by atoms with Crippen LogP contribution in [0, 0.1) is 0 Å². The number of amides is 1. The van der Waals surface area contributed by atoms with E-state index in [-0.39, 0.29) is 6.61 Å². The Kier molecular flexibility index (Phi) is 8.15. The lowest BCUT2D eigenvalue weighted by atomic mass is 10.2. The number of nitrogens with zero attached hydrogens (tertiary/aromatic N) is 1. The van der Waals surface area contributed by atoms with Crippen molar-refractivity contribution in [2.75, 3.05) is 13.7 Å². The molecule has 160 valence electrons.